The summed E-state index contributed by atoms with van der Waals surface area (Å²) >= 11 is 1.55. The number of aromatic amines is 1. The number of benzene rings is 1. The van der Waals surface area contributed by atoms with Crippen LogP contribution in [0.25, 0.3) is 11.0 Å². The number of fused-ring (bicyclic) bond motifs is 1. The van der Waals surface area contributed by atoms with Crippen molar-refractivity contribution in [1.29, 1.82) is 0 Å². The molecule has 1 heterocycles. The summed E-state index contributed by atoms with van der Waals surface area (Å²) in [7, 11) is 0. The average Bonchev–Trinajstić information content (AvgIpc) is 2.67. The Morgan fingerprint density at radius 1 is 1.61 bits per heavy atom. The topological polar surface area (TPSA) is 92.0 Å². The fourth-order valence-corrected chi connectivity index (χ4v) is 2.57. The second kappa shape index (κ2) is 5.30. The third-order valence-electron chi connectivity index (χ3n) is 2.56. The average molecular weight is 265 g/mol. The summed E-state index contributed by atoms with van der Waals surface area (Å²) in [6.07, 6.45) is 0.806. The number of H-pyrrole nitrogens is 1. The summed E-state index contributed by atoms with van der Waals surface area (Å²) in [5.74, 6) is -0.764. The Bertz CT molecular complexity index is 567. The smallest absolute Gasteiger partial charge is 0.303 e. The molecule has 5 nitrogen and oxygen atoms in total. The van der Waals surface area contributed by atoms with Crippen LogP contribution in [0.2, 0.25) is 0 Å². The van der Waals surface area contributed by atoms with Crippen molar-refractivity contribution in [2.75, 3.05) is 5.73 Å². The highest BCUT2D eigenvalue weighted by Gasteiger charge is 2.10. The summed E-state index contributed by atoms with van der Waals surface area (Å²) < 4.78 is 0. The number of carboxylic acids is 1. The third kappa shape index (κ3) is 3.16. The predicted molar refractivity (Wildman–Crippen MR) is 72.7 cm³/mol. The second-order valence-corrected chi connectivity index (χ2v) is 5.61. The normalized spacial score (nSPS) is 12.7. The van der Waals surface area contributed by atoms with Crippen molar-refractivity contribution in [1.82, 2.24) is 9.97 Å². The van der Waals surface area contributed by atoms with E-state index in [0.717, 1.165) is 16.2 Å². The Morgan fingerprint density at radius 2 is 2.39 bits per heavy atom. The Labute approximate surface area is 109 Å². The number of rotatable bonds is 5. The first-order valence-electron chi connectivity index (χ1n) is 5.68. The maximum atomic E-state index is 10.5. The van der Waals surface area contributed by atoms with Gasteiger partial charge in [-0.05, 0) is 24.6 Å². The lowest BCUT2D eigenvalue weighted by Gasteiger charge is -2.06. The molecule has 1 aromatic heterocycles. The molecule has 0 amide bonds. The maximum absolute atomic E-state index is 10.5. The van der Waals surface area contributed by atoms with E-state index >= 15 is 0 Å². The number of anilines is 1. The summed E-state index contributed by atoms with van der Waals surface area (Å²) in [6.45, 7) is 2.00. The van der Waals surface area contributed by atoms with Gasteiger partial charge in [-0.2, -0.15) is 0 Å². The fraction of sp³-hybridized carbons (Fsp3) is 0.333. The van der Waals surface area contributed by atoms with Crippen molar-refractivity contribution in [2.45, 2.75) is 30.2 Å². The van der Waals surface area contributed by atoms with Gasteiger partial charge in [-0.1, -0.05) is 18.7 Å². The monoisotopic (exact) mass is 265 g/mol. The minimum atomic E-state index is -0.764. The number of nitrogens with one attached hydrogen (secondary N) is 1. The van der Waals surface area contributed by atoms with E-state index in [-0.39, 0.29) is 11.7 Å². The highest BCUT2D eigenvalue weighted by atomic mass is 32.2. The molecule has 2 aromatic rings. The summed E-state index contributed by atoms with van der Waals surface area (Å²) in [6, 6.07) is 5.52. The van der Waals surface area contributed by atoms with Crippen LogP contribution in [-0.2, 0) is 4.79 Å². The van der Waals surface area contributed by atoms with E-state index in [0.29, 0.717) is 12.1 Å². The van der Waals surface area contributed by atoms with Gasteiger partial charge in [0.2, 0.25) is 0 Å². The molecule has 0 aliphatic carbocycles. The van der Waals surface area contributed by atoms with Crippen molar-refractivity contribution in [3.8, 4) is 0 Å². The van der Waals surface area contributed by atoms with Gasteiger partial charge in [0.05, 0.1) is 11.0 Å². The van der Waals surface area contributed by atoms with Crippen LogP contribution in [0.5, 0.6) is 0 Å². The molecule has 4 N–H and O–H groups in total. The van der Waals surface area contributed by atoms with Crippen LogP contribution in [0.1, 0.15) is 19.8 Å². The lowest BCUT2D eigenvalue weighted by atomic mass is 10.2. The predicted octanol–water partition coefficient (Wildman–Crippen LogP) is 2.49. The van der Waals surface area contributed by atoms with Crippen molar-refractivity contribution in [3.63, 3.8) is 0 Å². The highest BCUT2D eigenvalue weighted by Crippen LogP contribution is 2.26. The van der Waals surface area contributed by atoms with Crippen LogP contribution in [0.3, 0.4) is 0 Å². The van der Waals surface area contributed by atoms with Gasteiger partial charge in [-0.25, -0.2) is 4.98 Å². The van der Waals surface area contributed by atoms with Gasteiger partial charge in [0.15, 0.2) is 5.16 Å². The molecule has 1 aromatic carbocycles. The molecular formula is C12H15N3O2S. The first kappa shape index (κ1) is 12.8. The number of carbonyl (C=O) groups is 1. The molecule has 0 saturated carbocycles. The summed E-state index contributed by atoms with van der Waals surface area (Å²) in [5, 5.41) is 9.63. The first-order chi connectivity index (χ1) is 8.54. The molecule has 0 radical (unpaired) electrons. The zero-order valence-corrected chi connectivity index (χ0v) is 10.8. The van der Waals surface area contributed by atoms with E-state index in [2.05, 4.69) is 9.97 Å². The largest absolute Gasteiger partial charge is 0.481 e. The van der Waals surface area contributed by atoms with E-state index in [1.165, 1.54) is 0 Å². The SMILES string of the molecule is CC(CCC(=O)O)Sc1nc2ccc(N)cc2[nH]1. The van der Waals surface area contributed by atoms with E-state index in [4.69, 9.17) is 10.8 Å². The molecule has 0 fully saturated rings. The lowest BCUT2D eigenvalue weighted by Crippen LogP contribution is -2.02. The Kier molecular flexibility index (Phi) is 3.76. The molecular weight excluding hydrogens is 250 g/mol. The number of nitrogens with two attached hydrogens (primary N) is 1. The Balaban J connectivity index is 2.05. The molecule has 0 aliphatic rings. The first-order valence-corrected chi connectivity index (χ1v) is 6.56. The van der Waals surface area contributed by atoms with Gasteiger partial charge < -0.3 is 15.8 Å². The number of imidazole rings is 1. The van der Waals surface area contributed by atoms with E-state index in [9.17, 15) is 4.79 Å². The van der Waals surface area contributed by atoms with Gasteiger partial charge in [0.25, 0.3) is 0 Å². The molecule has 0 aliphatic heterocycles. The van der Waals surface area contributed by atoms with Gasteiger partial charge in [0.1, 0.15) is 0 Å². The highest BCUT2D eigenvalue weighted by molar-refractivity contribution is 7.99. The van der Waals surface area contributed by atoms with Crippen LogP contribution in [0.15, 0.2) is 23.4 Å². The van der Waals surface area contributed by atoms with Gasteiger partial charge in [-0.3, -0.25) is 4.79 Å². The van der Waals surface area contributed by atoms with E-state index in [1.54, 1.807) is 11.8 Å². The van der Waals surface area contributed by atoms with Crippen LogP contribution >= 0.6 is 11.8 Å². The Morgan fingerprint density at radius 3 is 3.11 bits per heavy atom. The zero-order valence-electron chi connectivity index (χ0n) is 10.0. The zero-order chi connectivity index (χ0) is 13.1. The second-order valence-electron chi connectivity index (χ2n) is 4.18. The quantitative estimate of drug-likeness (QED) is 0.570. The summed E-state index contributed by atoms with van der Waals surface area (Å²) in [4.78, 5) is 18.1. The molecule has 6 heteroatoms. The Hall–Kier alpha value is -1.69. The van der Waals surface area contributed by atoms with Crippen molar-refractivity contribution >= 4 is 34.5 Å². The number of thioether (sulfide) groups is 1. The van der Waals surface area contributed by atoms with Crippen LogP contribution < -0.4 is 5.73 Å². The molecule has 0 spiro atoms. The van der Waals surface area contributed by atoms with Gasteiger partial charge >= 0.3 is 5.97 Å². The number of nitrogen functional groups attached to an aromatic ring is 1. The fourth-order valence-electron chi connectivity index (χ4n) is 1.64. The molecule has 2 rings (SSSR count). The summed E-state index contributed by atoms with van der Waals surface area (Å²) in [5.41, 5.74) is 8.17. The number of hydrogen-bond donors (Lipinski definition) is 3. The minimum absolute atomic E-state index is 0.182. The van der Waals surface area contributed by atoms with Crippen molar-refractivity contribution in [2.24, 2.45) is 0 Å². The minimum Gasteiger partial charge on any atom is -0.481 e. The molecule has 18 heavy (non-hydrogen) atoms. The third-order valence-corrected chi connectivity index (χ3v) is 3.62. The van der Waals surface area contributed by atoms with E-state index < -0.39 is 5.97 Å². The number of carboxylic acid groups (broad SMARTS) is 1. The number of nitrogens with zero attached hydrogens (tertiary/aromatic N) is 1. The van der Waals surface area contributed by atoms with Crippen LogP contribution in [0.4, 0.5) is 5.69 Å². The number of aromatic nitrogens is 2. The van der Waals surface area contributed by atoms with E-state index in [1.807, 2.05) is 25.1 Å². The van der Waals surface area contributed by atoms with Crippen molar-refractivity contribution in [3.05, 3.63) is 18.2 Å². The van der Waals surface area contributed by atoms with Gasteiger partial charge in [-0.15, -0.1) is 0 Å². The molecule has 1 unspecified atom stereocenters. The van der Waals surface area contributed by atoms with Crippen LogP contribution in [0, 0.1) is 0 Å². The molecule has 0 bridgehead atoms. The molecule has 1 atom stereocenters. The molecule has 0 saturated heterocycles. The van der Waals surface area contributed by atoms with Crippen molar-refractivity contribution < 1.29 is 9.90 Å². The standard InChI is InChI=1S/C12H15N3O2S/c1-7(2-5-11(16)17)18-12-14-9-4-3-8(13)6-10(9)15-12/h3-4,6-7H,2,5,13H2,1H3,(H,14,15)(H,16,17). The molecule has 96 valence electrons. The van der Waals surface area contributed by atoms with Gasteiger partial charge in [0, 0.05) is 17.4 Å². The maximum Gasteiger partial charge on any atom is 0.303 e. The number of hydrogen-bond acceptors (Lipinski definition) is 4. The number of aliphatic carboxylic acids is 1. The van der Waals surface area contributed by atoms with Crippen LogP contribution in [-0.4, -0.2) is 26.3 Å². The lowest BCUT2D eigenvalue weighted by molar-refractivity contribution is -0.137.